The van der Waals surface area contributed by atoms with Crippen molar-refractivity contribution in [2.24, 2.45) is 11.7 Å². The molecule has 1 aliphatic heterocycles. The third-order valence-corrected chi connectivity index (χ3v) is 3.99. The molecule has 1 aromatic carbocycles. The van der Waals surface area contributed by atoms with E-state index in [-0.39, 0.29) is 11.6 Å². The quantitative estimate of drug-likeness (QED) is 0.851. The number of nitrogens with two attached hydrogens (primary N) is 1. The number of nitrogens with zero attached hydrogens (tertiary/aromatic N) is 1. The van der Waals surface area contributed by atoms with Crippen LogP contribution in [0.1, 0.15) is 18.0 Å². The normalized spacial score (nSPS) is 25.5. The zero-order valence-corrected chi connectivity index (χ0v) is 11.2. The van der Waals surface area contributed by atoms with Gasteiger partial charge < -0.3 is 5.73 Å². The summed E-state index contributed by atoms with van der Waals surface area (Å²) in [4.78, 5) is 1.96. The average molecular weight is 305 g/mol. The summed E-state index contributed by atoms with van der Waals surface area (Å²) in [5, 5.41) is 0. The fraction of sp³-hybridized carbons (Fsp3) is 0.500. The molecular formula is C12H15BrF2N2. The highest BCUT2D eigenvalue weighted by molar-refractivity contribution is 9.10. The van der Waals surface area contributed by atoms with Crippen molar-refractivity contribution in [2.75, 3.05) is 20.1 Å². The minimum Gasteiger partial charge on any atom is -0.330 e. The van der Waals surface area contributed by atoms with Crippen molar-refractivity contribution >= 4 is 15.9 Å². The van der Waals surface area contributed by atoms with Crippen LogP contribution in [0.2, 0.25) is 0 Å². The Bertz CT molecular complexity index is 425. The minimum absolute atomic E-state index is 0.151. The van der Waals surface area contributed by atoms with Crippen LogP contribution in [0.5, 0.6) is 0 Å². The lowest BCUT2D eigenvalue weighted by molar-refractivity contribution is 0.298. The predicted molar refractivity (Wildman–Crippen MR) is 66.6 cm³/mol. The Balaban J connectivity index is 2.37. The maximum Gasteiger partial charge on any atom is 0.145 e. The Kier molecular flexibility index (Phi) is 3.80. The van der Waals surface area contributed by atoms with Gasteiger partial charge in [-0.2, -0.15) is 0 Å². The lowest BCUT2D eigenvalue weighted by Gasteiger charge is -2.21. The van der Waals surface area contributed by atoms with Gasteiger partial charge in [0.15, 0.2) is 0 Å². The van der Waals surface area contributed by atoms with Gasteiger partial charge in [0.1, 0.15) is 11.6 Å². The van der Waals surface area contributed by atoms with Crippen molar-refractivity contribution < 1.29 is 8.78 Å². The van der Waals surface area contributed by atoms with E-state index >= 15 is 0 Å². The van der Waals surface area contributed by atoms with Gasteiger partial charge in [-0.15, -0.1) is 0 Å². The van der Waals surface area contributed by atoms with Crippen LogP contribution < -0.4 is 5.73 Å². The van der Waals surface area contributed by atoms with Crippen LogP contribution in [0.25, 0.3) is 0 Å². The molecule has 0 aromatic heterocycles. The summed E-state index contributed by atoms with van der Waals surface area (Å²) < 4.78 is 28.0. The van der Waals surface area contributed by atoms with Crippen molar-refractivity contribution in [1.29, 1.82) is 0 Å². The highest BCUT2D eigenvalue weighted by atomic mass is 79.9. The summed E-state index contributed by atoms with van der Waals surface area (Å²) >= 11 is 3.09. The molecule has 1 saturated heterocycles. The molecule has 2 N–H and O–H groups in total. The molecule has 1 fully saturated rings. The maximum absolute atomic E-state index is 14.0. The topological polar surface area (TPSA) is 29.3 Å². The van der Waals surface area contributed by atoms with Gasteiger partial charge in [0.25, 0.3) is 0 Å². The summed E-state index contributed by atoms with van der Waals surface area (Å²) in [7, 11) is 1.88. The van der Waals surface area contributed by atoms with E-state index in [1.54, 1.807) is 0 Å². The molecule has 17 heavy (non-hydrogen) atoms. The molecule has 5 heteroatoms. The first kappa shape index (κ1) is 12.9. The Morgan fingerprint density at radius 2 is 2.18 bits per heavy atom. The largest absolute Gasteiger partial charge is 0.330 e. The van der Waals surface area contributed by atoms with Crippen LogP contribution in [-0.2, 0) is 0 Å². The van der Waals surface area contributed by atoms with Crippen LogP contribution in [0.4, 0.5) is 8.78 Å². The van der Waals surface area contributed by atoms with E-state index in [0.29, 0.717) is 23.4 Å². The van der Waals surface area contributed by atoms with Crippen molar-refractivity contribution in [3.05, 3.63) is 33.8 Å². The van der Waals surface area contributed by atoms with Crippen LogP contribution in [0, 0.1) is 17.6 Å². The van der Waals surface area contributed by atoms with E-state index in [1.807, 2.05) is 11.9 Å². The molecule has 0 aliphatic carbocycles. The number of likely N-dealkylation sites (tertiary alicyclic amines) is 1. The molecule has 0 saturated carbocycles. The standard InChI is InChI=1S/C12H15BrF2N2/c1-17-6-7(5-16)4-10(17)11-9(14)3-2-8(13)12(11)15/h2-3,7,10H,4-6,16H2,1H3. The number of hydrogen-bond donors (Lipinski definition) is 1. The molecule has 1 heterocycles. The predicted octanol–water partition coefficient (Wildman–Crippen LogP) is 2.68. The molecule has 2 atom stereocenters. The summed E-state index contributed by atoms with van der Waals surface area (Å²) in [5.74, 6) is -0.678. The lowest BCUT2D eigenvalue weighted by atomic mass is 9.99. The van der Waals surface area contributed by atoms with Gasteiger partial charge >= 0.3 is 0 Å². The number of benzene rings is 1. The van der Waals surface area contributed by atoms with Gasteiger partial charge in [0, 0.05) is 18.2 Å². The number of rotatable bonds is 2. The zero-order chi connectivity index (χ0) is 12.6. The van der Waals surface area contributed by atoms with Crippen molar-refractivity contribution in [3.8, 4) is 0 Å². The average Bonchev–Trinajstić information content (AvgIpc) is 2.66. The van der Waals surface area contributed by atoms with Crippen molar-refractivity contribution in [2.45, 2.75) is 12.5 Å². The molecular weight excluding hydrogens is 290 g/mol. The van der Waals surface area contributed by atoms with E-state index < -0.39 is 11.6 Å². The zero-order valence-electron chi connectivity index (χ0n) is 9.59. The van der Waals surface area contributed by atoms with Gasteiger partial charge in [-0.1, -0.05) is 0 Å². The van der Waals surface area contributed by atoms with Crippen LogP contribution in [-0.4, -0.2) is 25.0 Å². The van der Waals surface area contributed by atoms with E-state index in [9.17, 15) is 8.78 Å². The van der Waals surface area contributed by atoms with Gasteiger partial charge in [-0.3, -0.25) is 4.90 Å². The summed E-state index contributed by atoms with van der Waals surface area (Å²) in [6.45, 7) is 1.34. The summed E-state index contributed by atoms with van der Waals surface area (Å²) in [6.07, 6.45) is 0.706. The number of hydrogen-bond acceptors (Lipinski definition) is 2. The molecule has 2 rings (SSSR count). The Morgan fingerprint density at radius 1 is 1.47 bits per heavy atom. The first-order chi connectivity index (χ1) is 8.04. The summed E-state index contributed by atoms with van der Waals surface area (Å²) in [5.41, 5.74) is 5.77. The second-order valence-corrected chi connectivity index (χ2v) is 5.40. The molecule has 0 bridgehead atoms. The van der Waals surface area contributed by atoms with Gasteiger partial charge in [0.2, 0.25) is 0 Å². The lowest BCUT2D eigenvalue weighted by Crippen LogP contribution is -2.21. The van der Waals surface area contributed by atoms with Crippen molar-refractivity contribution in [1.82, 2.24) is 4.90 Å². The number of halogens is 3. The minimum atomic E-state index is -0.500. The summed E-state index contributed by atoms with van der Waals surface area (Å²) in [6, 6.07) is 2.47. The monoisotopic (exact) mass is 304 g/mol. The second-order valence-electron chi connectivity index (χ2n) is 4.55. The smallest absolute Gasteiger partial charge is 0.145 e. The van der Waals surface area contributed by atoms with Crippen LogP contribution >= 0.6 is 15.9 Å². The van der Waals surface area contributed by atoms with Gasteiger partial charge in [0.05, 0.1) is 4.47 Å². The van der Waals surface area contributed by atoms with Gasteiger partial charge in [-0.25, -0.2) is 8.78 Å². The molecule has 0 spiro atoms. The molecule has 2 unspecified atom stereocenters. The first-order valence-corrected chi connectivity index (χ1v) is 6.37. The maximum atomic E-state index is 14.0. The SMILES string of the molecule is CN1CC(CN)CC1c1c(F)ccc(Br)c1F. The van der Waals surface area contributed by atoms with E-state index in [1.165, 1.54) is 12.1 Å². The molecule has 0 amide bonds. The Morgan fingerprint density at radius 3 is 2.76 bits per heavy atom. The highest BCUT2D eigenvalue weighted by Gasteiger charge is 2.33. The van der Waals surface area contributed by atoms with Crippen LogP contribution in [0.15, 0.2) is 16.6 Å². The first-order valence-electron chi connectivity index (χ1n) is 5.58. The molecule has 94 valence electrons. The Hall–Kier alpha value is -0.520. The molecule has 1 aliphatic rings. The molecule has 1 aromatic rings. The van der Waals surface area contributed by atoms with E-state index in [0.717, 1.165) is 6.54 Å². The molecule has 2 nitrogen and oxygen atoms in total. The van der Waals surface area contributed by atoms with Crippen molar-refractivity contribution in [3.63, 3.8) is 0 Å². The van der Waals surface area contributed by atoms with E-state index in [2.05, 4.69) is 15.9 Å². The van der Waals surface area contributed by atoms with Crippen LogP contribution in [0.3, 0.4) is 0 Å². The third-order valence-electron chi connectivity index (χ3n) is 3.38. The fourth-order valence-corrected chi connectivity index (χ4v) is 2.81. The second kappa shape index (κ2) is 5.00. The highest BCUT2D eigenvalue weighted by Crippen LogP contribution is 2.37. The van der Waals surface area contributed by atoms with Gasteiger partial charge in [-0.05, 0) is 54.0 Å². The third kappa shape index (κ3) is 2.37. The Labute approximate surface area is 108 Å². The fourth-order valence-electron chi connectivity index (χ4n) is 2.46. The van der Waals surface area contributed by atoms with E-state index in [4.69, 9.17) is 5.73 Å². The molecule has 0 radical (unpaired) electrons.